The second kappa shape index (κ2) is 31.1. The number of hydrogen-bond donors (Lipinski definition) is 14. The third-order valence-electron chi connectivity index (χ3n) is 14.1. The first-order chi connectivity index (χ1) is 36.8. The summed E-state index contributed by atoms with van der Waals surface area (Å²) in [5.41, 5.74) is 5.23. The molecule has 8 amide bonds. The maximum atomic E-state index is 14.5. The number of rotatable bonds is 24. The molecule has 3 heterocycles. The average Bonchev–Trinajstić information content (AvgIpc) is 3.91. The quantitative estimate of drug-likeness (QED) is 0.0377. The van der Waals surface area contributed by atoms with Gasteiger partial charge in [0, 0.05) is 38.3 Å². The molecule has 0 saturated carbocycles. The Balaban J connectivity index is 1.67. The van der Waals surface area contributed by atoms with E-state index in [4.69, 9.17) is 5.73 Å². The number of nitrogens with two attached hydrogens (primary N) is 1. The summed E-state index contributed by atoms with van der Waals surface area (Å²) >= 11 is 0. The molecule has 0 spiro atoms. The number of carbonyl (C=O) groups excluding carboxylic acids is 8. The summed E-state index contributed by atoms with van der Waals surface area (Å²) in [6, 6.07) is -8.59. The van der Waals surface area contributed by atoms with E-state index < -0.39 is 194 Å². The van der Waals surface area contributed by atoms with Crippen LogP contribution in [0.5, 0.6) is 11.5 Å². The highest BCUT2D eigenvalue weighted by molar-refractivity contribution is 7.81. The number of aliphatic hydroxyl groups is 6. The Morgan fingerprint density at radius 3 is 1.96 bits per heavy atom. The van der Waals surface area contributed by atoms with Gasteiger partial charge in [0.05, 0.1) is 37.4 Å². The van der Waals surface area contributed by atoms with Crippen LogP contribution in [0.1, 0.15) is 135 Å². The van der Waals surface area contributed by atoms with Crippen molar-refractivity contribution in [2.75, 3.05) is 19.7 Å². The van der Waals surface area contributed by atoms with Crippen LogP contribution in [0.2, 0.25) is 0 Å². The number of nitrogens with zero attached hydrogens (tertiary/aromatic N) is 2. The first-order valence-corrected chi connectivity index (χ1v) is 28.1. The lowest BCUT2D eigenvalue weighted by molar-refractivity contribution is -0.148. The summed E-state index contributed by atoms with van der Waals surface area (Å²) in [4.78, 5) is 112. The average molecular weight is 1130 g/mol. The Kier molecular flexibility index (Phi) is 25.9. The monoisotopic (exact) mass is 1130 g/mol. The molecule has 3 aliphatic heterocycles. The highest BCUT2D eigenvalue weighted by Crippen LogP contribution is 2.30. The molecular weight excluding hydrogens is 1050 g/mol. The van der Waals surface area contributed by atoms with Crippen molar-refractivity contribution < 1.29 is 91.3 Å². The fraction of sp³-hybridized carbons (Fsp3) is 0.720. The fourth-order valence-corrected chi connectivity index (χ4v) is 10.2. The predicted octanol–water partition coefficient (Wildman–Crippen LogP) is -2.48. The van der Waals surface area contributed by atoms with E-state index in [1.165, 1.54) is 51.9 Å². The summed E-state index contributed by atoms with van der Waals surface area (Å²) in [6.45, 7) is 1.54. The topological polar surface area (TPSA) is 434 Å². The molecular formula is C50H80N8O19S. The third kappa shape index (κ3) is 19.9. The van der Waals surface area contributed by atoms with Gasteiger partial charge in [-0.1, -0.05) is 97.0 Å². The van der Waals surface area contributed by atoms with Crippen LogP contribution in [-0.4, -0.2) is 192 Å². The molecule has 28 heteroatoms. The largest absolute Gasteiger partial charge is 0.504 e. The van der Waals surface area contributed by atoms with Crippen molar-refractivity contribution in [2.45, 2.75) is 203 Å². The van der Waals surface area contributed by atoms with Gasteiger partial charge >= 0.3 is 10.4 Å². The number of aromatic hydroxyl groups is 1. The molecule has 1 aromatic carbocycles. The highest BCUT2D eigenvalue weighted by Gasteiger charge is 2.50. The molecule has 440 valence electrons. The second-order valence-corrected chi connectivity index (χ2v) is 21.6. The maximum absolute atomic E-state index is 14.5. The molecule has 3 saturated heterocycles. The van der Waals surface area contributed by atoms with Crippen molar-refractivity contribution in [1.82, 2.24) is 36.4 Å². The Bertz CT molecular complexity index is 2330. The smallest absolute Gasteiger partial charge is 0.446 e. The number of primary amides is 1. The summed E-state index contributed by atoms with van der Waals surface area (Å²) in [5, 5.41) is 88.5. The van der Waals surface area contributed by atoms with E-state index in [0.717, 1.165) is 60.1 Å². The zero-order chi connectivity index (χ0) is 57.9. The van der Waals surface area contributed by atoms with Crippen molar-refractivity contribution >= 4 is 57.7 Å². The van der Waals surface area contributed by atoms with E-state index in [1.54, 1.807) is 0 Å². The van der Waals surface area contributed by atoms with Crippen LogP contribution in [-0.2, 0) is 55.2 Å². The lowest BCUT2D eigenvalue weighted by Crippen LogP contribution is -2.64. The number of carbonyl (C=O) groups is 8. The van der Waals surface area contributed by atoms with E-state index in [-0.39, 0.29) is 12.0 Å². The highest BCUT2D eigenvalue weighted by atomic mass is 32.3. The van der Waals surface area contributed by atoms with Crippen LogP contribution >= 0.6 is 0 Å². The molecule has 3 aliphatic rings. The number of nitrogens with one attached hydrogen (secondary N) is 5. The number of hydrogen-bond acceptors (Lipinski definition) is 18. The van der Waals surface area contributed by atoms with Crippen molar-refractivity contribution in [3.05, 3.63) is 23.8 Å². The van der Waals surface area contributed by atoms with E-state index in [0.29, 0.717) is 6.42 Å². The molecule has 0 aromatic heterocycles. The van der Waals surface area contributed by atoms with Crippen LogP contribution in [0.25, 0.3) is 0 Å². The summed E-state index contributed by atoms with van der Waals surface area (Å²) in [5.74, 6) is -11.7. The van der Waals surface area contributed by atoms with Crippen molar-refractivity contribution in [2.24, 2.45) is 11.7 Å². The van der Waals surface area contributed by atoms with E-state index >= 15 is 0 Å². The number of fused-ring (bicyclic) bond motifs is 2. The number of unbranched alkanes of at least 4 members (excludes halogenated alkanes) is 12. The number of phenolic OH excluding ortho intramolecular Hbond substituents is 1. The molecule has 0 aliphatic carbocycles. The minimum atomic E-state index is -5.21. The van der Waals surface area contributed by atoms with E-state index in [2.05, 4.69) is 37.7 Å². The van der Waals surface area contributed by atoms with Gasteiger partial charge in [-0.15, -0.1) is 0 Å². The Labute approximate surface area is 453 Å². The molecule has 27 nitrogen and oxygen atoms in total. The number of aliphatic hydroxyl groups excluding tert-OH is 6. The summed E-state index contributed by atoms with van der Waals surface area (Å²) in [6.07, 6.45) is 1.43. The molecule has 12 atom stereocenters. The molecule has 0 bridgehead atoms. The first-order valence-electron chi connectivity index (χ1n) is 26.8. The van der Waals surface area contributed by atoms with Crippen LogP contribution in [0.15, 0.2) is 18.2 Å². The molecule has 78 heavy (non-hydrogen) atoms. The van der Waals surface area contributed by atoms with Gasteiger partial charge < -0.3 is 82.0 Å². The van der Waals surface area contributed by atoms with E-state index in [1.807, 2.05) is 0 Å². The van der Waals surface area contributed by atoms with Crippen LogP contribution in [0.4, 0.5) is 0 Å². The lowest BCUT2D eigenvalue weighted by Gasteiger charge is -2.33. The lowest BCUT2D eigenvalue weighted by atomic mass is 9.98. The summed E-state index contributed by atoms with van der Waals surface area (Å²) < 4.78 is 36.6. The fourth-order valence-electron chi connectivity index (χ4n) is 9.88. The Hall–Kier alpha value is -5.75. The zero-order valence-corrected chi connectivity index (χ0v) is 45.0. The number of phenols is 1. The van der Waals surface area contributed by atoms with E-state index in [9.17, 15) is 87.1 Å². The maximum Gasteiger partial charge on any atom is 0.446 e. The van der Waals surface area contributed by atoms with Gasteiger partial charge in [-0.25, -0.2) is 0 Å². The second-order valence-electron chi connectivity index (χ2n) is 20.6. The zero-order valence-electron chi connectivity index (χ0n) is 44.2. The minimum Gasteiger partial charge on any atom is -0.504 e. The number of amides is 8. The normalized spacial score (nSPS) is 26.8. The van der Waals surface area contributed by atoms with Crippen LogP contribution < -0.4 is 36.5 Å². The van der Waals surface area contributed by atoms with Gasteiger partial charge in [-0.05, 0) is 37.0 Å². The number of benzene rings is 1. The molecule has 3 fully saturated rings. The first kappa shape index (κ1) is 64.8. The van der Waals surface area contributed by atoms with Crippen molar-refractivity contribution in [3.63, 3.8) is 0 Å². The van der Waals surface area contributed by atoms with Crippen LogP contribution in [0, 0.1) is 5.92 Å². The van der Waals surface area contributed by atoms with Gasteiger partial charge in [0.15, 0.2) is 11.5 Å². The Morgan fingerprint density at radius 1 is 0.769 bits per heavy atom. The van der Waals surface area contributed by atoms with Gasteiger partial charge in [0.2, 0.25) is 47.3 Å². The minimum absolute atomic E-state index is 0.00607. The standard InChI is InChI=1S/C50H80N8O19S/c1-3-4-5-6-7-8-9-10-11-12-13-14-15-16-39(65)52-31-18-20-40(66)54-48(71)43-44(67)28(2)25-58(43)50(73)42(36(63)24-38(51)64)56-47(70)41(35(62)21-29-17-19-34(61)37(22-29)77-78(74,75)76)55-46(69)33-23-30(60)26-57(33)49(72)32(27-59)53-45(31)68/h17,19,22,28,30-33,35-36,40-44,59-63,66-67H,3-16,18,20-21,23-27H2,1-2H3,(H2,51,64)(H,52,65)(H,53,68)(H,54,71)(H,55,69)(H,56,70)(H,74,75,76)/t28-,30-,31-,32+,33-,35-,36-,40-,41+,42+,43-,44+/m1/s1. The van der Waals surface area contributed by atoms with Crippen molar-refractivity contribution in [3.8, 4) is 11.5 Å². The Morgan fingerprint density at radius 2 is 1.37 bits per heavy atom. The molecule has 0 unspecified atom stereocenters. The van der Waals surface area contributed by atoms with Crippen molar-refractivity contribution in [1.29, 1.82) is 0 Å². The van der Waals surface area contributed by atoms with Gasteiger partial charge in [0.25, 0.3) is 0 Å². The van der Waals surface area contributed by atoms with Gasteiger partial charge in [0.1, 0.15) is 42.5 Å². The molecule has 4 rings (SSSR count). The van der Waals surface area contributed by atoms with Crippen LogP contribution in [0.3, 0.4) is 0 Å². The predicted molar refractivity (Wildman–Crippen MR) is 275 cm³/mol. The third-order valence-corrected chi connectivity index (χ3v) is 14.5. The van der Waals surface area contributed by atoms with Gasteiger partial charge in [-0.2, -0.15) is 8.42 Å². The van der Waals surface area contributed by atoms with Gasteiger partial charge in [-0.3, -0.25) is 42.9 Å². The molecule has 15 N–H and O–H groups in total. The summed E-state index contributed by atoms with van der Waals surface area (Å²) in [7, 11) is -5.21. The SMILES string of the molecule is CCCCCCCCCCCCCCCC(=O)N[C@@H]1CC[C@@H](O)NC(=O)[C@H]2[C@@H](O)[C@H](C)CN2C(=O)[C@H]([C@H](O)CC(N)=O)NC(=O)[C@H]([C@H](O)Cc2ccc(O)c(OS(=O)(=O)O)c2)NC(=O)[C@H]2C[C@@H](O)CN2C(=O)[C@H](CO)NC1=O. The molecule has 1 aromatic rings. The molecule has 0 radical (unpaired) electrons.